The van der Waals surface area contributed by atoms with Crippen LogP contribution in [0.25, 0.3) is 0 Å². The normalized spacial score (nSPS) is 21.3. The Kier molecular flexibility index (Phi) is 5.46. The number of allylic oxidation sites excluding steroid dienone is 1. The first-order valence-electron chi connectivity index (χ1n) is 8.89. The summed E-state index contributed by atoms with van der Waals surface area (Å²) in [5.74, 6) is 0.566. The van der Waals surface area contributed by atoms with Crippen LogP contribution in [-0.2, 0) is 21.2 Å². The Morgan fingerprint density at radius 1 is 1.35 bits per heavy atom. The second-order valence-corrected chi connectivity index (χ2v) is 9.34. The van der Waals surface area contributed by atoms with Gasteiger partial charge in [0.1, 0.15) is 0 Å². The van der Waals surface area contributed by atoms with Gasteiger partial charge in [0.05, 0.1) is 18.1 Å². The largest absolute Gasteiger partial charge is 0.398 e. The molecule has 3 rings (SSSR count). The molecule has 1 amide bonds. The molecule has 0 bridgehead atoms. The maximum atomic E-state index is 13.0. The molecule has 1 saturated heterocycles. The van der Waals surface area contributed by atoms with Gasteiger partial charge in [0, 0.05) is 30.1 Å². The monoisotopic (exact) mass is 375 g/mol. The van der Waals surface area contributed by atoms with E-state index in [1.807, 2.05) is 37.3 Å². The van der Waals surface area contributed by atoms with Crippen molar-refractivity contribution in [1.29, 1.82) is 0 Å². The Labute approximate surface area is 154 Å². The molecule has 2 aliphatic heterocycles. The lowest BCUT2D eigenvalue weighted by Crippen LogP contribution is -2.34. The van der Waals surface area contributed by atoms with E-state index in [1.54, 1.807) is 4.90 Å². The summed E-state index contributed by atoms with van der Waals surface area (Å²) in [6.07, 6.45) is 3.19. The zero-order valence-electron chi connectivity index (χ0n) is 15.0. The predicted octanol–water partition coefficient (Wildman–Crippen LogP) is 1.82. The number of benzene rings is 1. The van der Waals surface area contributed by atoms with Gasteiger partial charge in [0.25, 0.3) is 5.91 Å². The number of hydrogen-bond donors (Lipinski definition) is 1. The summed E-state index contributed by atoms with van der Waals surface area (Å²) in [5.41, 5.74) is 9.13. The zero-order valence-corrected chi connectivity index (χ0v) is 15.8. The summed E-state index contributed by atoms with van der Waals surface area (Å²) in [5, 5.41) is 0. The van der Waals surface area contributed by atoms with Crippen LogP contribution in [0, 0.1) is 5.92 Å². The van der Waals surface area contributed by atoms with Crippen molar-refractivity contribution in [3.8, 4) is 0 Å². The van der Waals surface area contributed by atoms with Crippen LogP contribution in [0.4, 0.5) is 5.69 Å². The number of nitrogen functional groups attached to an aromatic ring is 1. The fourth-order valence-electron chi connectivity index (χ4n) is 3.46. The molecule has 1 fully saturated rings. The number of anilines is 1. The first-order valence-corrected chi connectivity index (χ1v) is 10.7. The van der Waals surface area contributed by atoms with Crippen LogP contribution in [-0.4, -0.2) is 49.5 Å². The summed E-state index contributed by atoms with van der Waals surface area (Å²) in [7, 11) is -2.91. The highest BCUT2D eigenvalue weighted by Crippen LogP contribution is 2.24. The molecule has 26 heavy (non-hydrogen) atoms. The van der Waals surface area contributed by atoms with Crippen molar-refractivity contribution in [2.75, 3.05) is 30.3 Å². The van der Waals surface area contributed by atoms with E-state index in [2.05, 4.69) is 4.99 Å². The van der Waals surface area contributed by atoms with Crippen LogP contribution in [0.15, 0.2) is 40.9 Å². The van der Waals surface area contributed by atoms with Gasteiger partial charge in [-0.1, -0.05) is 18.2 Å². The van der Waals surface area contributed by atoms with Gasteiger partial charge in [-0.05, 0) is 43.4 Å². The molecule has 0 aliphatic carbocycles. The molecule has 0 spiro atoms. The molecule has 0 radical (unpaired) electrons. The number of sulfone groups is 1. The molecule has 7 heteroatoms. The summed E-state index contributed by atoms with van der Waals surface area (Å²) < 4.78 is 23.4. The number of nitrogens with zero attached hydrogens (tertiary/aromatic N) is 2. The Bertz CT molecular complexity index is 859. The minimum atomic E-state index is -2.91. The van der Waals surface area contributed by atoms with E-state index >= 15 is 0 Å². The van der Waals surface area contributed by atoms with Crippen molar-refractivity contribution >= 4 is 27.1 Å². The highest BCUT2D eigenvalue weighted by Gasteiger charge is 2.29. The maximum absolute atomic E-state index is 13.0. The van der Waals surface area contributed by atoms with Crippen LogP contribution in [0.5, 0.6) is 0 Å². The lowest BCUT2D eigenvalue weighted by Gasteiger charge is -2.25. The number of hydrogen-bond acceptors (Lipinski definition) is 5. The first-order chi connectivity index (χ1) is 12.3. The molecule has 0 aromatic heterocycles. The van der Waals surface area contributed by atoms with Crippen LogP contribution in [0.2, 0.25) is 0 Å². The summed E-state index contributed by atoms with van der Waals surface area (Å²) in [4.78, 5) is 19.0. The molecule has 0 saturated carbocycles. The van der Waals surface area contributed by atoms with Crippen molar-refractivity contribution < 1.29 is 13.2 Å². The second kappa shape index (κ2) is 7.61. The number of carbonyl (C=O) groups excluding carboxylic acids is 1. The third kappa shape index (κ3) is 4.52. The van der Waals surface area contributed by atoms with Gasteiger partial charge in [-0.15, -0.1) is 0 Å². The van der Waals surface area contributed by atoms with Crippen LogP contribution < -0.4 is 5.73 Å². The van der Waals surface area contributed by atoms with Gasteiger partial charge in [-0.2, -0.15) is 0 Å². The van der Waals surface area contributed by atoms with Gasteiger partial charge in [-0.25, -0.2) is 8.42 Å². The number of carbonyl (C=O) groups is 1. The molecule has 1 unspecified atom stereocenters. The van der Waals surface area contributed by atoms with E-state index in [-0.39, 0.29) is 23.3 Å². The van der Waals surface area contributed by atoms with Crippen LogP contribution in [0.1, 0.15) is 25.3 Å². The Hall–Kier alpha value is -2.15. The zero-order chi connectivity index (χ0) is 18.7. The fraction of sp³-hybridized carbons (Fsp3) is 0.474. The van der Waals surface area contributed by atoms with Gasteiger partial charge in [0.15, 0.2) is 9.84 Å². The standard InChI is InChI=1S/C19H25N3O3S/c1-14-10-17(11-21-14)19(23)22(12-16-4-2-3-5-18(16)20)8-6-15-7-9-26(24,25)13-15/h2-5,10,15H,6-9,11-13,20H2,1H3. The molecule has 2 aliphatic rings. The summed E-state index contributed by atoms with van der Waals surface area (Å²) in [6, 6.07) is 7.51. The molecule has 1 aromatic rings. The molecular formula is C19H25N3O3S. The molecule has 140 valence electrons. The number of rotatable bonds is 6. The van der Waals surface area contributed by atoms with Crippen LogP contribution in [0.3, 0.4) is 0 Å². The SMILES string of the molecule is CC1=NCC(C(=O)N(CCC2CCS(=O)(=O)C2)Cc2ccccc2N)=C1. The Balaban J connectivity index is 1.72. The fourth-order valence-corrected chi connectivity index (χ4v) is 5.37. The van der Waals surface area contributed by atoms with Crippen molar-refractivity contribution in [1.82, 2.24) is 4.90 Å². The van der Waals surface area contributed by atoms with Gasteiger partial charge in [-0.3, -0.25) is 9.79 Å². The molecule has 2 N–H and O–H groups in total. The third-order valence-electron chi connectivity index (χ3n) is 4.99. The van der Waals surface area contributed by atoms with Gasteiger partial charge >= 0.3 is 0 Å². The number of aliphatic imine (C=N–C) groups is 1. The van der Waals surface area contributed by atoms with Crippen molar-refractivity contribution in [2.45, 2.75) is 26.3 Å². The lowest BCUT2D eigenvalue weighted by atomic mass is 10.0. The number of para-hydroxylation sites is 1. The smallest absolute Gasteiger partial charge is 0.252 e. The first kappa shape index (κ1) is 18.6. The highest BCUT2D eigenvalue weighted by atomic mass is 32.2. The van der Waals surface area contributed by atoms with Crippen molar-refractivity contribution in [2.24, 2.45) is 10.9 Å². The van der Waals surface area contributed by atoms with E-state index < -0.39 is 9.84 Å². The Morgan fingerprint density at radius 3 is 2.73 bits per heavy atom. The Morgan fingerprint density at radius 2 is 2.12 bits per heavy atom. The molecule has 1 aromatic carbocycles. The minimum absolute atomic E-state index is 0.0466. The molecule has 6 nitrogen and oxygen atoms in total. The summed E-state index contributed by atoms with van der Waals surface area (Å²) >= 11 is 0. The quantitative estimate of drug-likeness (QED) is 0.768. The van der Waals surface area contributed by atoms with E-state index in [1.165, 1.54) is 0 Å². The van der Waals surface area contributed by atoms with E-state index in [9.17, 15) is 13.2 Å². The van der Waals surface area contributed by atoms with E-state index in [0.29, 0.717) is 43.7 Å². The van der Waals surface area contributed by atoms with E-state index in [4.69, 9.17) is 5.73 Å². The molecule has 2 heterocycles. The van der Waals surface area contributed by atoms with Crippen molar-refractivity contribution in [3.63, 3.8) is 0 Å². The third-order valence-corrected chi connectivity index (χ3v) is 6.83. The summed E-state index contributed by atoms with van der Waals surface area (Å²) in [6.45, 7) is 3.22. The number of nitrogens with two attached hydrogens (primary N) is 1. The van der Waals surface area contributed by atoms with E-state index in [0.717, 1.165) is 11.3 Å². The van der Waals surface area contributed by atoms with Crippen LogP contribution >= 0.6 is 0 Å². The van der Waals surface area contributed by atoms with Gasteiger partial charge in [0.2, 0.25) is 0 Å². The molecular weight excluding hydrogens is 350 g/mol. The lowest BCUT2D eigenvalue weighted by molar-refractivity contribution is -0.127. The van der Waals surface area contributed by atoms with Crippen molar-refractivity contribution in [3.05, 3.63) is 41.5 Å². The topological polar surface area (TPSA) is 92.8 Å². The average molecular weight is 375 g/mol. The predicted molar refractivity (Wildman–Crippen MR) is 104 cm³/mol. The van der Waals surface area contributed by atoms with Gasteiger partial charge < -0.3 is 10.6 Å². The maximum Gasteiger partial charge on any atom is 0.252 e. The minimum Gasteiger partial charge on any atom is -0.398 e. The average Bonchev–Trinajstić information content (AvgIpc) is 3.17. The highest BCUT2D eigenvalue weighted by molar-refractivity contribution is 7.91. The molecule has 1 atom stereocenters. The second-order valence-electron chi connectivity index (χ2n) is 7.11. The number of amides is 1.